The summed E-state index contributed by atoms with van der Waals surface area (Å²) in [6.07, 6.45) is 5.20. The van der Waals surface area contributed by atoms with Gasteiger partial charge in [-0.15, -0.1) is 0 Å². The second kappa shape index (κ2) is 4.68. The van der Waals surface area contributed by atoms with E-state index in [9.17, 15) is 0 Å². The lowest BCUT2D eigenvalue weighted by Gasteiger charge is -1.92. The third kappa shape index (κ3) is 2.97. The molecule has 56 valence electrons. The molecule has 2 N–H and O–H groups in total. The summed E-state index contributed by atoms with van der Waals surface area (Å²) < 4.78 is 0. The Labute approximate surface area is 60.8 Å². The van der Waals surface area contributed by atoms with Crippen LogP contribution < -0.4 is 0 Å². The van der Waals surface area contributed by atoms with Crippen LogP contribution in [0.25, 0.3) is 0 Å². The summed E-state index contributed by atoms with van der Waals surface area (Å²) >= 11 is 0. The van der Waals surface area contributed by atoms with Gasteiger partial charge in [-0.2, -0.15) is 0 Å². The maximum Gasteiger partial charge on any atom is 0.157 e. The SMILES string of the molecule is C=C/C(O)=C(O)\C=C/CC. The molecule has 2 nitrogen and oxygen atoms in total. The molecule has 0 heterocycles. The second-order valence-corrected chi connectivity index (χ2v) is 1.79. The summed E-state index contributed by atoms with van der Waals surface area (Å²) in [4.78, 5) is 0. The first-order valence-electron chi connectivity index (χ1n) is 3.13. The van der Waals surface area contributed by atoms with Crippen molar-refractivity contribution < 1.29 is 10.2 Å². The quantitative estimate of drug-likeness (QED) is 0.467. The van der Waals surface area contributed by atoms with Gasteiger partial charge < -0.3 is 10.2 Å². The molecule has 0 radical (unpaired) electrons. The molecule has 0 aliphatic carbocycles. The maximum atomic E-state index is 8.92. The number of allylic oxidation sites excluding steroid dienone is 3. The van der Waals surface area contributed by atoms with Crippen molar-refractivity contribution in [2.45, 2.75) is 13.3 Å². The van der Waals surface area contributed by atoms with Crippen molar-refractivity contribution in [2.24, 2.45) is 0 Å². The molecule has 0 aromatic carbocycles. The molecule has 0 bridgehead atoms. The van der Waals surface area contributed by atoms with Gasteiger partial charge >= 0.3 is 0 Å². The summed E-state index contributed by atoms with van der Waals surface area (Å²) in [6, 6.07) is 0. The normalized spacial score (nSPS) is 13.3. The second-order valence-electron chi connectivity index (χ2n) is 1.79. The summed E-state index contributed by atoms with van der Waals surface area (Å²) in [5.74, 6) is -0.332. The van der Waals surface area contributed by atoms with Crippen LogP contribution in [0.3, 0.4) is 0 Å². The standard InChI is InChI=1S/C8H12O2/c1-3-5-6-8(10)7(9)4-2/h4-6,9-10H,2-3H2,1H3/b6-5-,8-7-. The maximum absolute atomic E-state index is 8.92. The van der Waals surface area contributed by atoms with Gasteiger partial charge in [-0.05, 0) is 18.6 Å². The molecule has 0 aromatic rings. The predicted molar refractivity (Wildman–Crippen MR) is 41.9 cm³/mol. The molecule has 0 spiro atoms. The number of aliphatic hydroxyl groups is 2. The summed E-state index contributed by atoms with van der Waals surface area (Å²) in [6.45, 7) is 5.23. The highest BCUT2D eigenvalue weighted by molar-refractivity contribution is 5.20. The molecular formula is C8H12O2. The molecule has 0 saturated carbocycles. The Kier molecular flexibility index (Phi) is 4.12. The minimum Gasteiger partial charge on any atom is -0.504 e. The smallest absolute Gasteiger partial charge is 0.157 e. The van der Waals surface area contributed by atoms with Gasteiger partial charge in [0, 0.05) is 0 Å². The highest BCUT2D eigenvalue weighted by atomic mass is 16.3. The Morgan fingerprint density at radius 2 is 2.00 bits per heavy atom. The van der Waals surface area contributed by atoms with Crippen LogP contribution in [-0.4, -0.2) is 10.2 Å². The lowest BCUT2D eigenvalue weighted by molar-refractivity contribution is 0.352. The van der Waals surface area contributed by atoms with Crippen molar-refractivity contribution in [2.75, 3.05) is 0 Å². The van der Waals surface area contributed by atoms with Gasteiger partial charge in [0.15, 0.2) is 11.5 Å². The molecule has 0 atom stereocenters. The molecule has 0 amide bonds. The van der Waals surface area contributed by atoms with Gasteiger partial charge in [-0.1, -0.05) is 19.6 Å². The highest BCUT2D eigenvalue weighted by Crippen LogP contribution is 1.99. The summed E-state index contributed by atoms with van der Waals surface area (Å²) in [5, 5.41) is 17.7. The van der Waals surface area contributed by atoms with E-state index in [1.165, 1.54) is 12.2 Å². The first kappa shape index (κ1) is 8.82. The van der Waals surface area contributed by atoms with E-state index in [-0.39, 0.29) is 11.5 Å². The zero-order valence-electron chi connectivity index (χ0n) is 6.04. The van der Waals surface area contributed by atoms with Crippen molar-refractivity contribution in [3.8, 4) is 0 Å². The fourth-order valence-electron chi connectivity index (χ4n) is 0.419. The minimum atomic E-state index is -0.190. The molecule has 2 heteroatoms. The van der Waals surface area contributed by atoms with E-state index in [4.69, 9.17) is 10.2 Å². The first-order chi connectivity index (χ1) is 4.72. The van der Waals surface area contributed by atoms with Crippen molar-refractivity contribution in [3.63, 3.8) is 0 Å². The van der Waals surface area contributed by atoms with Crippen molar-refractivity contribution in [1.82, 2.24) is 0 Å². The molecule has 0 aromatic heterocycles. The average Bonchev–Trinajstić information content (AvgIpc) is 1.98. The number of hydrogen-bond donors (Lipinski definition) is 2. The Balaban J connectivity index is 4.17. The lowest BCUT2D eigenvalue weighted by atomic mass is 10.3. The molecule has 0 saturated heterocycles. The fourth-order valence-corrected chi connectivity index (χ4v) is 0.419. The van der Waals surface area contributed by atoms with Crippen LogP contribution in [-0.2, 0) is 0 Å². The van der Waals surface area contributed by atoms with Crippen LogP contribution in [0.15, 0.2) is 36.3 Å². The van der Waals surface area contributed by atoms with Gasteiger partial charge in [0.25, 0.3) is 0 Å². The van der Waals surface area contributed by atoms with E-state index >= 15 is 0 Å². The zero-order chi connectivity index (χ0) is 7.98. The van der Waals surface area contributed by atoms with Crippen molar-refractivity contribution >= 4 is 0 Å². The highest BCUT2D eigenvalue weighted by Gasteiger charge is 1.91. The van der Waals surface area contributed by atoms with E-state index in [1.807, 2.05) is 6.92 Å². The molecule has 0 fully saturated rings. The Bertz CT molecular complexity index is 166. The number of aliphatic hydroxyl groups excluding tert-OH is 2. The third-order valence-corrected chi connectivity index (χ3v) is 0.967. The van der Waals surface area contributed by atoms with Crippen molar-refractivity contribution in [3.05, 3.63) is 36.3 Å². The zero-order valence-corrected chi connectivity index (χ0v) is 6.04. The van der Waals surface area contributed by atoms with Gasteiger partial charge in [0.1, 0.15) is 0 Å². The van der Waals surface area contributed by atoms with Crippen LogP contribution in [0.2, 0.25) is 0 Å². The van der Waals surface area contributed by atoms with Crippen LogP contribution in [0.1, 0.15) is 13.3 Å². The fraction of sp³-hybridized carbons (Fsp3) is 0.250. The molecule has 0 aliphatic rings. The van der Waals surface area contributed by atoms with E-state index < -0.39 is 0 Å². The Hall–Kier alpha value is -1.18. The largest absolute Gasteiger partial charge is 0.504 e. The first-order valence-corrected chi connectivity index (χ1v) is 3.13. The molecule has 0 aliphatic heterocycles. The molecular weight excluding hydrogens is 128 g/mol. The molecule has 0 unspecified atom stereocenters. The monoisotopic (exact) mass is 140 g/mol. The van der Waals surface area contributed by atoms with E-state index in [2.05, 4.69) is 6.58 Å². The Morgan fingerprint density at radius 1 is 1.40 bits per heavy atom. The number of rotatable bonds is 3. The molecule has 10 heavy (non-hydrogen) atoms. The average molecular weight is 140 g/mol. The van der Waals surface area contributed by atoms with Crippen LogP contribution in [0.4, 0.5) is 0 Å². The van der Waals surface area contributed by atoms with Crippen LogP contribution >= 0.6 is 0 Å². The lowest BCUT2D eigenvalue weighted by Crippen LogP contribution is -1.81. The topological polar surface area (TPSA) is 40.5 Å². The van der Waals surface area contributed by atoms with Crippen LogP contribution in [0, 0.1) is 0 Å². The predicted octanol–water partition coefficient (Wildman–Crippen LogP) is 2.47. The van der Waals surface area contributed by atoms with Crippen LogP contribution in [0.5, 0.6) is 0 Å². The van der Waals surface area contributed by atoms with E-state index in [0.717, 1.165) is 6.42 Å². The van der Waals surface area contributed by atoms with Gasteiger partial charge in [0.2, 0.25) is 0 Å². The van der Waals surface area contributed by atoms with Gasteiger partial charge in [-0.3, -0.25) is 0 Å². The molecule has 0 rings (SSSR count). The van der Waals surface area contributed by atoms with Gasteiger partial charge in [0.05, 0.1) is 0 Å². The van der Waals surface area contributed by atoms with E-state index in [1.54, 1.807) is 6.08 Å². The number of hydrogen-bond acceptors (Lipinski definition) is 2. The van der Waals surface area contributed by atoms with E-state index in [0.29, 0.717) is 0 Å². The summed E-state index contributed by atoms with van der Waals surface area (Å²) in [7, 11) is 0. The minimum absolute atomic E-state index is 0.142. The Morgan fingerprint density at radius 3 is 2.40 bits per heavy atom. The van der Waals surface area contributed by atoms with Gasteiger partial charge in [-0.25, -0.2) is 0 Å². The summed E-state index contributed by atoms with van der Waals surface area (Å²) in [5.41, 5.74) is 0. The van der Waals surface area contributed by atoms with Crippen molar-refractivity contribution in [1.29, 1.82) is 0 Å². The third-order valence-electron chi connectivity index (χ3n) is 0.967.